The summed E-state index contributed by atoms with van der Waals surface area (Å²) in [4.78, 5) is 0. The minimum atomic E-state index is -0.191. The quantitative estimate of drug-likeness (QED) is 0.702. The summed E-state index contributed by atoms with van der Waals surface area (Å²) in [6.45, 7) is 4.53. The molecule has 0 aromatic heterocycles. The molecule has 1 heterocycles. The average Bonchev–Trinajstić information content (AvgIpc) is 2.38. The van der Waals surface area contributed by atoms with Crippen LogP contribution in [0.5, 0.6) is 5.75 Å². The van der Waals surface area contributed by atoms with E-state index in [0.29, 0.717) is 33.5 Å². The van der Waals surface area contributed by atoms with Crippen molar-refractivity contribution in [3.63, 3.8) is 0 Å². The van der Waals surface area contributed by atoms with E-state index >= 15 is 0 Å². The van der Waals surface area contributed by atoms with Gasteiger partial charge >= 0.3 is 0 Å². The molecule has 0 atom stereocenters. The van der Waals surface area contributed by atoms with Gasteiger partial charge in [0.15, 0.2) is 0 Å². The van der Waals surface area contributed by atoms with Crippen LogP contribution in [0.4, 0.5) is 0 Å². The fraction of sp³-hybridized carbons (Fsp3) is 0.308. The average molecular weight is 268 g/mol. The third-order valence-electron chi connectivity index (χ3n) is 2.57. The van der Waals surface area contributed by atoms with Gasteiger partial charge in [0.1, 0.15) is 5.75 Å². The summed E-state index contributed by atoms with van der Waals surface area (Å²) in [5.74, 6) is 0.609. The lowest BCUT2D eigenvalue weighted by Gasteiger charge is -2.18. The Hall–Kier alpha value is -1.17. The van der Waals surface area contributed by atoms with Gasteiger partial charge in [0.25, 0.3) is 0 Å². The van der Waals surface area contributed by atoms with E-state index in [-0.39, 0.29) is 5.41 Å². The molecule has 2 rings (SSSR count). The van der Waals surface area contributed by atoms with E-state index in [1.54, 1.807) is 12.1 Å². The van der Waals surface area contributed by atoms with Gasteiger partial charge in [-0.05, 0) is 6.07 Å². The minimum Gasteiger partial charge on any atom is -0.492 e. The van der Waals surface area contributed by atoms with Crippen molar-refractivity contribution in [2.24, 2.45) is 5.41 Å². The maximum Gasteiger partial charge on any atom is 0.129 e. The molecule has 1 aliphatic heterocycles. The molecule has 0 N–H and O–H groups in total. The molecule has 1 aliphatic rings. The van der Waals surface area contributed by atoms with Gasteiger partial charge in [0.2, 0.25) is 0 Å². The first-order valence-corrected chi connectivity index (χ1v) is 5.94. The van der Waals surface area contributed by atoms with Crippen molar-refractivity contribution in [2.75, 3.05) is 6.61 Å². The first-order chi connectivity index (χ1) is 7.93. The highest BCUT2D eigenvalue weighted by Gasteiger charge is 2.24. The predicted octanol–water partition coefficient (Wildman–Crippen LogP) is 4.32. The Morgan fingerprint density at radius 1 is 1.29 bits per heavy atom. The van der Waals surface area contributed by atoms with Crippen molar-refractivity contribution < 1.29 is 4.74 Å². The largest absolute Gasteiger partial charge is 0.492 e. The van der Waals surface area contributed by atoms with Gasteiger partial charge in [0.05, 0.1) is 28.3 Å². The van der Waals surface area contributed by atoms with E-state index in [0.717, 1.165) is 0 Å². The third-order valence-corrected chi connectivity index (χ3v) is 3.29. The molecular weight excluding hydrogens is 257 g/mol. The number of fused-ring (bicyclic) bond motifs is 1. The summed E-state index contributed by atoms with van der Waals surface area (Å²) in [7, 11) is 0. The first kappa shape index (κ1) is 12.3. The zero-order valence-electron chi connectivity index (χ0n) is 9.55. The highest BCUT2D eigenvalue weighted by atomic mass is 35.5. The van der Waals surface area contributed by atoms with Gasteiger partial charge in [-0.2, -0.15) is 5.26 Å². The van der Waals surface area contributed by atoms with Crippen molar-refractivity contribution in [2.45, 2.75) is 13.8 Å². The first-order valence-electron chi connectivity index (χ1n) is 5.18. The van der Waals surface area contributed by atoms with E-state index in [1.165, 1.54) is 0 Å². The number of rotatable bonds is 0. The fourth-order valence-corrected chi connectivity index (χ4v) is 2.04. The number of nitriles is 1. The number of benzene rings is 1. The standard InChI is InChI=1S/C13H11Cl2NO/c1-13(2)5-8(6-16)9-3-10(14)11(15)4-12(9)17-7-13/h3-5H,7H2,1-2H3. The molecule has 2 nitrogen and oxygen atoms in total. The third kappa shape index (κ3) is 2.41. The van der Waals surface area contributed by atoms with Crippen LogP contribution in [0.3, 0.4) is 0 Å². The van der Waals surface area contributed by atoms with Crippen LogP contribution in [0.2, 0.25) is 10.0 Å². The Morgan fingerprint density at radius 2 is 1.94 bits per heavy atom. The fourth-order valence-electron chi connectivity index (χ4n) is 1.72. The van der Waals surface area contributed by atoms with Crippen LogP contribution in [0, 0.1) is 16.7 Å². The van der Waals surface area contributed by atoms with Crippen LogP contribution in [0.1, 0.15) is 19.4 Å². The van der Waals surface area contributed by atoms with Crippen molar-refractivity contribution in [3.05, 3.63) is 33.8 Å². The van der Waals surface area contributed by atoms with Gasteiger partial charge in [-0.25, -0.2) is 0 Å². The molecule has 0 saturated carbocycles. The molecule has 0 aliphatic carbocycles. The van der Waals surface area contributed by atoms with Crippen LogP contribution in [0.15, 0.2) is 18.2 Å². The van der Waals surface area contributed by atoms with Gasteiger partial charge in [-0.15, -0.1) is 0 Å². The van der Waals surface area contributed by atoms with Crippen LogP contribution in [-0.4, -0.2) is 6.61 Å². The maximum atomic E-state index is 9.21. The zero-order chi connectivity index (χ0) is 12.6. The summed E-state index contributed by atoms with van der Waals surface area (Å²) < 4.78 is 5.69. The molecule has 0 unspecified atom stereocenters. The number of nitrogens with zero attached hydrogens (tertiary/aromatic N) is 1. The van der Waals surface area contributed by atoms with E-state index in [9.17, 15) is 5.26 Å². The lowest BCUT2D eigenvalue weighted by Crippen LogP contribution is -2.17. The molecule has 0 bridgehead atoms. The van der Waals surface area contributed by atoms with Crippen molar-refractivity contribution in [1.82, 2.24) is 0 Å². The number of hydrogen-bond donors (Lipinski definition) is 0. The van der Waals surface area contributed by atoms with E-state index in [4.69, 9.17) is 27.9 Å². The summed E-state index contributed by atoms with van der Waals surface area (Å²) in [5.41, 5.74) is 1.08. The van der Waals surface area contributed by atoms with Crippen LogP contribution < -0.4 is 4.74 Å². The SMILES string of the molecule is CC1(C)C=C(C#N)c2cc(Cl)c(Cl)cc2OC1. The molecule has 88 valence electrons. The second-order valence-electron chi connectivity index (χ2n) is 4.71. The Labute approximate surface area is 110 Å². The van der Waals surface area contributed by atoms with E-state index in [1.807, 2.05) is 19.9 Å². The molecule has 4 heteroatoms. The molecule has 0 spiro atoms. The summed E-state index contributed by atoms with van der Waals surface area (Å²) in [5, 5.41) is 10.1. The normalized spacial score (nSPS) is 17.2. The van der Waals surface area contributed by atoms with Crippen molar-refractivity contribution in [1.29, 1.82) is 5.26 Å². The van der Waals surface area contributed by atoms with Gasteiger partial charge in [-0.1, -0.05) is 43.1 Å². The van der Waals surface area contributed by atoms with E-state index in [2.05, 4.69) is 6.07 Å². The number of ether oxygens (including phenoxy) is 1. The van der Waals surface area contributed by atoms with Crippen LogP contribution in [0.25, 0.3) is 5.57 Å². The minimum absolute atomic E-state index is 0.191. The topological polar surface area (TPSA) is 33.0 Å². The Bertz CT molecular complexity index is 541. The second kappa shape index (κ2) is 4.25. The molecular formula is C13H11Cl2NO. The highest BCUT2D eigenvalue weighted by molar-refractivity contribution is 6.42. The lowest BCUT2D eigenvalue weighted by atomic mass is 9.91. The monoisotopic (exact) mass is 267 g/mol. The number of hydrogen-bond acceptors (Lipinski definition) is 2. The molecule has 0 radical (unpaired) electrons. The Balaban J connectivity index is 2.64. The van der Waals surface area contributed by atoms with Crippen LogP contribution >= 0.6 is 23.2 Å². The second-order valence-corrected chi connectivity index (χ2v) is 5.52. The molecule has 0 amide bonds. The molecule has 1 aromatic rings. The molecule has 0 saturated heterocycles. The van der Waals surface area contributed by atoms with Crippen molar-refractivity contribution >= 4 is 28.8 Å². The van der Waals surface area contributed by atoms with Gasteiger partial charge in [0, 0.05) is 17.0 Å². The Morgan fingerprint density at radius 3 is 2.59 bits per heavy atom. The number of allylic oxidation sites excluding steroid dienone is 1. The predicted molar refractivity (Wildman–Crippen MR) is 69.3 cm³/mol. The van der Waals surface area contributed by atoms with Crippen LogP contribution in [-0.2, 0) is 0 Å². The lowest BCUT2D eigenvalue weighted by molar-refractivity contribution is 0.225. The summed E-state index contributed by atoms with van der Waals surface area (Å²) in [6, 6.07) is 5.52. The smallest absolute Gasteiger partial charge is 0.129 e. The highest BCUT2D eigenvalue weighted by Crippen LogP contribution is 2.39. The number of halogens is 2. The molecule has 1 aromatic carbocycles. The molecule has 17 heavy (non-hydrogen) atoms. The zero-order valence-corrected chi connectivity index (χ0v) is 11.1. The molecule has 0 fully saturated rings. The van der Waals surface area contributed by atoms with Gasteiger partial charge in [-0.3, -0.25) is 0 Å². The maximum absolute atomic E-state index is 9.21. The van der Waals surface area contributed by atoms with Gasteiger partial charge < -0.3 is 4.74 Å². The van der Waals surface area contributed by atoms with Crippen molar-refractivity contribution in [3.8, 4) is 11.8 Å². The summed E-state index contributed by atoms with van der Waals surface area (Å²) in [6.07, 6.45) is 1.91. The Kier molecular flexibility index (Phi) is 3.07. The van der Waals surface area contributed by atoms with E-state index < -0.39 is 0 Å². The summed E-state index contributed by atoms with van der Waals surface area (Å²) >= 11 is 11.9.